The van der Waals surface area contributed by atoms with Crippen LogP contribution in [0, 0.1) is 0 Å². The monoisotopic (exact) mass is 1390 g/mol. The third-order valence-electron chi connectivity index (χ3n) is 22.7. The van der Waals surface area contributed by atoms with E-state index >= 15 is 0 Å². The molecule has 19 rings (SSSR count). The second kappa shape index (κ2) is 26.3. The minimum atomic E-state index is -0.809. The van der Waals surface area contributed by atoms with Crippen LogP contribution in [-0.4, -0.2) is 6.71 Å². The molecule has 0 fully saturated rings. The van der Waals surface area contributed by atoms with Crippen molar-refractivity contribution in [1.29, 1.82) is 0 Å². The molecule has 3 heteroatoms. The van der Waals surface area contributed by atoms with E-state index in [4.69, 9.17) is 1.37 Å². The summed E-state index contributed by atoms with van der Waals surface area (Å²) in [7, 11) is 0. The molecule has 16 aromatic rings. The molecule has 16 aromatic carbocycles. The molecule has 0 spiro atoms. The second-order valence-electron chi connectivity index (χ2n) is 31.1. The van der Waals surface area contributed by atoms with Crippen LogP contribution in [0.4, 0.5) is 34.1 Å². The molecule has 1 aliphatic carbocycles. The summed E-state index contributed by atoms with van der Waals surface area (Å²) in [6.07, 6.45) is 0. The van der Waals surface area contributed by atoms with E-state index in [9.17, 15) is 5.48 Å². The summed E-state index contributed by atoms with van der Waals surface area (Å²) in [5, 5.41) is 0. The zero-order valence-electron chi connectivity index (χ0n) is 66.5. The molecule has 2 aliphatic heterocycles. The van der Waals surface area contributed by atoms with Crippen molar-refractivity contribution in [2.24, 2.45) is 0 Å². The maximum atomic E-state index is 9.74. The predicted octanol–water partition coefficient (Wildman–Crippen LogP) is 26.1. The third-order valence-corrected chi connectivity index (χ3v) is 22.7. The van der Waals surface area contributed by atoms with Gasteiger partial charge in [0.15, 0.2) is 0 Å². The van der Waals surface area contributed by atoms with Crippen LogP contribution in [0.5, 0.6) is 0 Å². The maximum absolute atomic E-state index is 9.74. The minimum absolute atomic E-state index is 0.139. The number of fused-ring (bicyclic) bond motifs is 7. The van der Waals surface area contributed by atoms with Gasteiger partial charge in [-0.1, -0.05) is 387 Å². The Bertz CT molecular complexity index is 6220. The number of hydrogen-bond acceptors (Lipinski definition) is 2. The summed E-state index contributed by atoms with van der Waals surface area (Å²) >= 11 is 0. The molecular weight excluding hydrogens is 1300 g/mol. The van der Waals surface area contributed by atoms with E-state index < -0.39 is 18.2 Å². The van der Waals surface area contributed by atoms with Gasteiger partial charge in [0.1, 0.15) is 0 Å². The van der Waals surface area contributed by atoms with Gasteiger partial charge in [0.2, 0.25) is 0 Å². The Balaban J connectivity index is 1.04. The molecule has 0 bridgehead atoms. The fraction of sp³-hybridized carbons (Fsp3) is 0.0857. The molecule has 108 heavy (non-hydrogen) atoms. The molecule has 2 nitrogen and oxygen atoms in total. The first kappa shape index (κ1) is 60.5. The molecule has 0 saturated heterocycles. The van der Waals surface area contributed by atoms with Gasteiger partial charge in [-0.25, -0.2) is 0 Å². The molecule has 2 heterocycles. The van der Waals surface area contributed by atoms with Crippen LogP contribution in [0.2, 0.25) is 0 Å². The van der Waals surface area contributed by atoms with Crippen molar-refractivity contribution >= 4 is 57.2 Å². The Morgan fingerprint density at radius 1 is 0.269 bits per heavy atom. The lowest BCUT2D eigenvalue weighted by molar-refractivity contribution is 0.569. The van der Waals surface area contributed by atoms with Gasteiger partial charge in [0, 0.05) is 45.0 Å². The first-order valence-corrected chi connectivity index (χ1v) is 37.7. The Hall–Kier alpha value is -12.8. The molecule has 514 valence electrons. The van der Waals surface area contributed by atoms with Crippen molar-refractivity contribution in [3.05, 3.63) is 415 Å². The van der Waals surface area contributed by atoms with Gasteiger partial charge in [-0.05, 0) is 175 Å². The first-order chi connectivity index (χ1) is 54.9. The highest BCUT2D eigenvalue weighted by molar-refractivity contribution is 7.00. The van der Waals surface area contributed by atoms with Crippen molar-refractivity contribution < 1.29 is 6.85 Å². The van der Waals surface area contributed by atoms with E-state index in [0.29, 0.717) is 5.56 Å². The van der Waals surface area contributed by atoms with Crippen LogP contribution in [0.15, 0.2) is 382 Å². The molecule has 0 amide bonds. The van der Waals surface area contributed by atoms with Crippen molar-refractivity contribution in [3.8, 4) is 100 Å². The molecule has 3 aliphatic rings. The standard InChI is InChI=1S/C105H81BN2/c1-103(2,3)83-61-78(62-84(69-83)104(4,5)6)77-57-59-93-96(66-77)108(102-90(74-43-23-11-24-44-74)63-79(71-37-17-8-18-38-71)64-91(102)75-45-25-12-26-46-75)98-68-80(85-52-33-55-89-88-51-31-32-56-92(88)105(99(85)89,81-47-27-13-28-48-81)82-49-29-14-30-50-82)67-97-100(98)106(93)94-65-76(70-35-15-7-16-36-70)58-60-95(94)107(97)101-86(72-39-19-9-20-40-72)53-34-54-87(101)73-41-21-10-22-42-73/h7-69H,1-6H3/i7D,15D,16D,35D,36D. The van der Waals surface area contributed by atoms with Gasteiger partial charge in [-0.15, -0.1) is 0 Å². The van der Waals surface area contributed by atoms with E-state index in [1.54, 1.807) is 0 Å². The lowest BCUT2D eigenvalue weighted by Crippen LogP contribution is -2.61. The summed E-state index contributed by atoms with van der Waals surface area (Å²) in [5.41, 5.74) is 32.3. The van der Waals surface area contributed by atoms with Crippen LogP contribution in [0.1, 0.15) is 81.8 Å². The van der Waals surface area contributed by atoms with Crippen molar-refractivity contribution in [2.75, 3.05) is 9.80 Å². The van der Waals surface area contributed by atoms with Crippen molar-refractivity contribution in [3.63, 3.8) is 0 Å². The van der Waals surface area contributed by atoms with Crippen molar-refractivity contribution in [1.82, 2.24) is 0 Å². The highest BCUT2D eigenvalue weighted by atomic mass is 15.2. The summed E-state index contributed by atoms with van der Waals surface area (Å²) in [4.78, 5) is 5.17. The Labute approximate surface area is 643 Å². The molecule has 0 N–H and O–H groups in total. The van der Waals surface area contributed by atoms with Gasteiger partial charge in [-0.3, -0.25) is 0 Å². The quantitative estimate of drug-likeness (QED) is 0.113. The lowest BCUT2D eigenvalue weighted by atomic mass is 9.33. The van der Waals surface area contributed by atoms with Crippen LogP contribution in [-0.2, 0) is 16.2 Å². The van der Waals surface area contributed by atoms with Gasteiger partial charge in [-0.2, -0.15) is 0 Å². The minimum Gasteiger partial charge on any atom is -0.310 e. The van der Waals surface area contributed by atoms with Gasteiger partial charge in [0.25, 0.3) is 6.71 Å². The fourth-order valence-electron chi connectivity index (χ4n) is 17.6. The molecule has 0 unspecified atom stereocenters. The summed E-state index contributed by atoms with van der Waals surface area (Å²) in [6.45, 7) is 13.3. The number of hydrogen-bond donors (Lipinski definition) is 0. The number of para-hydroxylation sites is 1. The number of anilines is 6. The molecule has 0 atom stereocenters. The highest BCUT2D eigenvalue weighted by Gasteiger charge is 2.50. The lowest BCUT2D eigenvalue weighted by Gasteiger charge is -2.46. The van der Waals surface area contributed by atoms with Crippen LogP contribution >= 0.6 is 0 Å². The van der Waals surface area contributed by atoms with Gasteiger partial charge in [0.05, 0.1) is 23.6 Å². The van der Waals surface area contributed by atoms with Crippen LogP contribution in [0.25, 0.3) is 100 Å². The smallest absolute Gasteiger partial charge is 0.252 e. The zero-order chi connectivity index (χ0) is 77.2. The topological polar surface area (TPSA) is 6.48 Å². The molecule has 0 aromatic heterocycles. The zero-order valence-corrected chi connectivity index (χ0v) is 61.5. The van der Waals surface area contributed by atoms with Crippen LogP contribution in [0.3, 0.4) is 0 Å². The number of nitrogens with zero attached hydrogens (tertiary/aromatic N) is 2. The Morgan fingerprint density at radius 2 is 0.676 bits per heavy atom. The van der Waals surface area contributed by atoms with Crippen molar-refractivity contribution in [2.45, 2.75) is 57.8 Å². The SMILES string of the molecule is [2H]c1c([2H])c([2H])c(-c2ccc3c(c2)B2c4ccc(-c5cc(C(C)(C)C)cc(C(C)(C)C)c5)cc4N(c4c(-c5ccccc5)cc(-c5ccccc5)cc4-c4ccccc4)c4cc(-c5cccc6c5C(c5ccccc5)(c5ccccc5)c5ccccc5-6)cc(c42)N3c2c(-c3ccccc3)cccc2-c2ccccc2)c([2H])c1[2H]. The normalized spacial score (nSPS) is 13.8. The van der Waals surface area contributed by atoms with E-state index in [-0.39, 0.29) is 40.6 Å². The third kappa shape index (κ3) is 11.0. The first-order valence-electron chi connectivity index (χ1n) is 40.2. The predicted molar refractivity (Wildman–Crippen MR) is 459 cm³/mol. The average molecular weight is 1390 g/mol. The Morgan fingerprint density at radius 3 is 1.20 bits per heavy atom. The second-order valence-corrected chi connectivity index (χ2v) is 31.1. The summed E-state index contributed by atoms with van der Waals surface area (Å²) < 4.78 is 46.8. The summed E-state index contributed by atoms with van der Waals surface area (Å²) in [5.74, 6) is 0. The number of benzene rings is 16. The van der Waals surface area contributed by atoms with E-state index in [2.05, 4.69) is 397 Å². The van der Waals surface area contributed by atoms with Gasteiger partial charge < -0.3 is 9.80 Å². The summed E-state index contributed by atoms with van der Waals surface area (Å²) in [6, 6.07) is 128. The maximum Gasteiger partial charge on any atom is 0.252 e. The van der Waals surface area contributed by atoms with E-state index in [1.807, 2.05) is 6.07 Å². The highest BCUT2D eigenvalue weighted by Crippen LogP contribution is 2.61. The van der Waals surface area contributed by atoms with Gasteiger partial charge >= 0.3 is 0 Å². The number of rotatable bonds is 12. The molecular formula is C105H81BN2. The largest absolute Gasteiger partial charge is 0.310 e. The van der Waals surface area contributed by atoms with Crippen LogP contribution < -0.4 is 26.2 Å². The fourth-order valence-corrected chi connectivity index (χ4v) is 17.6. The Kier molecular flexibility index (Phi) is 14.7. The van der Waals surface area contributed by atoms with E-state index in [0.717, 1.165) is 145 Å². The average Bonchev–Trinajstić information content (AvgIpc) is 1.67. The molecule has 0 radical (unpaired) electrons. The van der Waals surface area contributed by atoms with E-state index in [1.165, 1.54) is 27.8 Å². The molecule has 0 saturated carbocycles.